The van der Waals surface area contributed by atoms with Gasteiger partial charge in [-0.15, -0.1) is 0 Å². The van der Waals surface area contributed by atoms with E-state index in [1.54, 1.807) is 0 Å². The van der Waals surface area contributed by atoms with Gasteiger partial charge in [0.2, 0.25) is 0 Å². The van der Waals surface area contributed by atoms with Crippen LogP contribution in [0.2, 0.25) is 0 Å². The Balaban J connectivity index is 2.69. The highest BCUT2D eigenvalue weighted by atomic mass is 16.5. The monoisotopic (exact) mass is 181 g/mol. The third kappa shape index (κ3) is 2.55. The first-order valence-corrected chi connectivity index (χ1v) is 3.47. The van der Waals surface area contributed by atoms with Crippen LogP contribution in [0.3, 0.4) is 0 Å². The van der Waals surface area contributed by atoms with Crippen molar-refractivity contribution in [2.75, 3.05) is 0 Å². The fourth-order valence-electron chi connectivity index (χ4n) is 0.756. The minimum Gasteiger partial charge on any atom is -0.478 e. The van der Waals surface area contributed by atoms with Crippen LogP contribution in [0.5, 0.6) is 0 Å². The first kappa shape index (κ1) is 9.18. The number of nitrogens with zero attached hydrogens (tertiary/aromatic N) is 1. The van der Waals surface area contributed by atoms with E-state index in [-0.39, 0.29) is 12.2 Å². The van der Waals surface area contributed by atoms with E-state index in [4.69, 9.17) is 5.11 Å². The van der Waals surface area contributed by atoms with Crippen molar-refractivity contribution in [3.63, 3.8) is 0 Å². The van der Waals surface area contributed by atoms with Gasteiger partial charge in [-0.3, -0.25) is 9.78 Å². The molecular weight excluding hydrogens is 174 g/mol. The second-order valence-corrected chi connectivity index (χ2v) is 2.25. The number of ether oxygens (including phenoxy) is 1. The third-order valence-electron chi connectivity index (χ3n) is 1.37. The SMILES string of the molecule is O=COCc1ccc(C(=O)O)cn1. The number of hydrogen-bond donors (Lipinski definition) is 1. The molecule has 0 unspecified atom stereocenters. The van der Waals surface area contributed by atoms with Crippen molar-refractivity contribution in [3.8, 4) is 0 Å². The molecule has 5 nitrogen and oxygen atoms in total. The molecule has 1 rings (SSSR count). The summed E-state index contributed by atoms with van der Waals surface area (Å²) in [6, 6.07) is 2.89. The number of carbonyl (C=O) groups is 2. The molecule has 5 heteroatoms. The van der Waals surface area contributed by atoms with Crippen LogP contribution in [0.4, 0.5) is 0 Å². The minimum absolute atomic E-state index is 0.0589. The third-order valence-corrected chi connectivity index (χ3v) is 1.37. The molecule has 0 spiro atoms. The number of carboxylic acids is 1. The highest BCUT2D eigenvalue weighted by Gasteiger charge is 2.02. The van der Waals surface area contributed by atoms with Gasteiger partial charge in [-0.05, 0) is 12.1 Å². The van der Waals surface area contributed by atoms with E-state index in [1.165, 1.54) is 18.3 Å². The van der Waals surface area contributed by atoms with E-state index in [2.05, 4.69) is 9.72 Å². The largest absolute Gasteiger partial charge is 0.478 e. The Morgan fingerprint density at radius 3 is 2.85 bits per heavy atom. The summed E-state index contributed by atoms with van der Waals surface area (Å²) in [5.74, 6) is -1.03. The Kier molecular flexibility index (Phi) is 2.97. The highest BCUT2D eigenvalue weighted by Crippen LogP contribution is 2.00. The van der Waals surface area contributed by atoms with Gasteiger partial charge in [-0.2, -0.15) is 0 Å². The normalized spacial score (nSPS) is 9.23. The fraction of sp³-hybridized carbons (Fsp3) is 0.125. The lowest BCUT2D eigenvalue weighted by atomic mass is 10.2. The van der Waals surface area contributed by atoms with E-state index in [9.17, 15) is 9.59 Å². The standard InChI is InChI=1S/C8H7NO4/c10-5-13-4-7-2-1-6(3-9-7)8(11)12/h1-3,5H,4H2,(H,11,12). The maximum absolute atomic E-state index is 10.4. The molecule has 0 radical (unpaired) electrons. The van der Waals surface area contributed by atoms with Crippen LogP contribution in [-0.2, 0) is 16.1 Å². The summed E-state index contributed by atoms with van der Waals surface area (Å²) in [5, 5.41) is 8.52. The van der Waals surface area contributed by atoms with Crippen LogP contribution in [0, 0.1) is 0 Å². The van der Waals surface area contributed by atoms with Gasteiger partial charge in [0, 0.05) is 6.20 Å². The van der Waals surface area contributed by atoms with E-state index in [0.717, 1.165) is 0 Å². The van der Waals surface area contributed by atoms with Gasteiger partial charge in [-0.1, -0.05) is 0 Å². The molecule has 0 aliphatic carbocycles. The molecule has 0 bridgehead atoms. The van der Waals surface area contributed by atoms with Crippen molar-refractivity contribution in [1.29, 1.82) is 0 Å². The Morgan fingerprint density at radius 1 is 1.62 bits per heavy atom. The van der Waals surface area contributed by atoms with Crippen molar-refractivity contribution in [3.05, 3.63) is 29.6 Å². The quantitative estimate of drug-likeness (QED) is 0.682. The Bertz CT molecular complexity index is 306. The lowest BCUT2D eigenvalue weighted by molar-refractivity contribution is -0.129. The Hall–Kier alpha value is -1.91. The molecule has 0 aromatic carbocycles. The Morgan fingerprint density at radius 2 is 2.38 bits per heavy atom. The van der Waals surface area contributed by atoms with E-state index in [0.29, 0.717) is 12.2 Å². The number of aromatic nitrogens is 1. The molecule has 0 fully saturated rings. The summed E-state index contributed by atoms with van der Waals surface area (Å²) in [7, 11) is 0. The topological polar surface area (TPSA) is 76.5 Å². The minimum atomic E-state index is -1.03. The molecule has 68 valence electrons. The summed E-state index contributed by atoms with van der Waals surface area (Å²) in [5.41, 5.74) is 0.618. The summed E-state index contributed by atoms with van der Waals surface area (Å²) < 4.78 is 4.43. The molecule has 0 aliphatic rings. The van der Waals surface area contributed by atoms with Crippen molar-refractivity contribution in [1.82, 2.24) is 4.98 Å². The molecule has 13 heavy (non-hydrogen) atoms. The zero-order valence-corrected chi connectivity index (χ0v) is 6.64. The van der Waals surface area contributed by atoms with Crippen molar-refractivity contribution >= 4 is 12.4 Å². The first-order valence-electron chi connectivity index (χ1n) is 3.47. The van der Waals surface area contributed by atoms with Gasteiger partial charge in [0.15, 0.2) is 0 Å². The van der Waals surface area contributed by atoms with E-state index < -0.39 is 5.97 Å². The van der Waals surface area contributed by atoms with Crippen molar-refractivity contribution in [2.45, 2.75) is 6.61 Å². The van der Waals surface area contributed by atoms with Gasteiger partial charge in [-0.25, -0.2) is 4.79 Å². The molecule has 0 aliphatic heterocycles. The zero-order chi connectivity index (χ0) is 9.68. The predicted octanol–water partition coefficient (Wildman–Crippen LogP) is 0.453. The predicted molar refractivity (Wildman–Crippen MR) is 42.0 cm³/mol. The van der Waals surface area contributed by atoms with Crippen LogP contribution in [0.25, 0.3) is 0 Å². The molecule has 0 saturated carbocycles. The van der Waals surface area contributed by atoms with Gasteiger partial charge in [0.05, 0.1) is 11.3 Å². The second kappa shape index (κ2) is 4.20. The zero-order valence-electron chi connectivity index (χ0n) is 6.64. The van der Waals surface area contributed by atoms with E-state index in [1.807, 2.05) is 0 Å². The Labute approximate surface area is 74.0 Å². The summed E-state index contributed by atoms with van der Waals surface area (Å²) in [6.07, 6.45) is 1.21. The molecule has 0 atom stereocenters. The molecule has 0 saturated heterocycles. The van der Waals surface area contributed by atoms with Crippen LogP contribution in [-0.4, -0.2) is 22.5 Å². The maximum atomic E-state index is 10.4. The smallest absolute Gasteiger partial charge is 0.337 e. The molecule has 1 aromatic heterocycles. The van der Waals surface area contributed by atoms with Crippen LogP contribution < -0.4 is 0 Å². The van der Waals surface area contributed by atoms with Crippen LogP contribution in [0.1, 0.15) is 16.1 Å². The van der Waals surface area contributed by atoms with Crippen molar-refractivity contribution in [2.24, 2.45) is 0 Å². The van der Waals surface area contributed by atoms with Gasteiger partial charge in [0.25, 0.3) is 6.47 Å². The number of rotatable bonds is 4. The number of aromatic carboxylic acids is 1. The number of carbonyl (C=O) groups excluding carboxylic acids is 1. The fourth-order valence-corrected chi connectivity index (χ4v) is 0.756. The number of pyridine rings is 1. The summed E-state index contributed by atoms with van der Waals surface area (Å²) >= 11 is 0. The van der Waals surface area contributed by atoms with E-state index >= 15 is 0 Å². The highest BCUT2D eigenvalue weighted by molar-refractivity contribution is 5.87. The molecule has 0 amide bonds. The molecule has 1 N–H and O–H groups in total. The average Bonchev–Trinajstić information content (AvgIpc) is 2.15. The number of hydrogen-bond acceptors (Lipinski definition) is 4. The maximum Gasteiger partial charge on any atom is 0.337 e. The van der Waals surface area contributed by atoms with Crippen LogP contribution >= 0.6 is 0 Å². The van der Waals surface area contributed by atoms with Gasteiger partial charge >= 0.3 is 5.97 Å². The average molecular weight is 181 g/mol. The summed E-state index contributed by atoms with van der Waals surface area (Å²) in [6.45, 7) is 0.371. The van der Waals surface area contributed by atoms with Gasteiger partial charge in [0.1, 0.15) is 6.61 Å². The van der Waals surface area contributed by atoms with Crippen LogP contribution in [0.15, 0.2) is 18.3 Å². The summed E-state index contributed by atoms with van der Waals surface area (Å²) in [4.78, 5) is 24.0. The molecule has 1 aromatic rings. The molecular formula is C8H7NO4. The van der Waals surface area contributed by atoms with Gasteiger partial charge < -0.3 is 9.84 Å². The first-order chi connectivity index (χ1) is 6.24. The lowest BCUT2D eigenvalue weighted by Crippen LogP contribution is -1.99. The van der Waals surface area contributed by atoms with Crippen molar-refractivity contribution < 1.29 is 19.4 Å². The second-order valence-electron chi connectivity index (χ2n) is 2.25. The molecule has 1 heterocycles. The number of carboxylic acid groups (broad SMARTS) is 1. The lowest BCUT2D eigenvalue weighted by Gasteiger charge is -1.98.